The van der Waals surface area contributed by atoms with Gasteiger partial charge in [-0.2, -0.15) is 5.10 Å². The van der Waals surface area contributed by atoms with Crippen LogP contribution in [-0.4, -0.2) is 12.1 Å². The van der Waals surface area contributed by atoms with Gasteiger partial charge in [0, 0.05) is 5.56 Å². The number of amides is 1. The van der Waals surface area contributed by atoms with Crippen molar-refractivity contribution < 1.29 is 4.79 Å². The number of carbonyl (C=O) groups excluding carboxylic acids is 1. The fraction of sp³-hybridized carbons (Fsp3) is 0.176. The van der Waals surface area contributed by atoms with Gasteiger partial charge in [-0.05, 0) is 29.2 Å². The van der Waals surface area contributed by atoms with Gasteiger partial charge in [-0.3, -0.25) is 4.79 Å². The molecule has 0 aliphatic carbocycles. The zero-order valence-electron chi connectivity index (χ0n) is 11.7. The summed E-state index contributed by atoms with van der Waals surface area (Å²) < 4.78 is 0. The lowest BCUT2D eigenvalue weighted by Crippen LogP contribution is -2.17. The van der Waals surface area contributed by atoms with E-state index in [4.69, 9.17) is 0 Å². The Bertz CT molecular complexity index is 586. The molecule has 0 saturated carbocycles. The van der Waals surface area contributed by atoms with Gasteiger partial charge in [0.2, 0.25) is 0 Å². The summed E-state index contributed by atoms with van der Waals surface area (Å²) in [5.41, 5.74) is 5.36. The van der Waals surface area contributed by atoms with Gasteiger partial charge in [-0.1, -0.05) is 56.3 Å². The normalized spacial score (nSPS) is 10.9. The van der Waals surface area contributed by atoms with Crippen LogP contribution in [-0.2, 0) is 0 Å². The van der Waals surface area contributed by atoms with Gasteiger partial charge in [0.15, 0.2) is 0 Å². The van der Waals surface area contributed by atoms with Crippen molar-refractivity contribution in [1.82, 2.24) is 5.43 Å². The van der Waals surface area contributed by atoms with Crippen molar-refractivity contribution in [2.75, 3.05) is 0 Å². The lowest BCUT2D eigenvalue weighted by atomic mass is 10.0. The smallest absolute Gasteiger partial charge is 0.267 e. The Morgan fingerprint density at radius 1 is 1.05 bits per heavy atom. The van der Waals surface area contributed by atoms with E-state index in [1.807, 2.05) is 30.3 Å². The van der Waals surface area contributed by atoms with Crippen LogP contribution in [0.3, 0.4) is 0 Å². The van der Waals surface area contributed by atoms with Crippen LogP contribution in [0.4, 0.5) is 0 Å². The number of nitrogens with zero attached hydrogens (tertiary/aromatic N) is 1. The Hall–Kier alpha value is -2.42. The van der Waals surface area contributed by atoms with Crippen LogP contribution in [0.15, 0.2) is 59.7 Å². The van der Waals surface area contributed by atoms with Gasteiger partial charge in [0.05, 0.1) is 6.21 Å². The topological polar surface area (TPSA) is 41.5 Å². The molecule has 2 aromatic rings. The van der Waals surface area contributed by atoms with Crippen molar-refractivity contribution in [2.24, 2.45) is 5.10 Å². The molecular weight excluding hydrogens is 248 g/mol. The summed E-state index contributed by atoms with van der Waals surface area (Å²) in [6, 6.07) is 17.2. The van der Waals surface area contributed by atoms with Crippen LogP contribution < -0.4 is 5.43 Å². The van der Waals surface area contributed by atoms with Crippen molar-refractivity contribution in [3.8, 4) is 0 Å². The number of nitrogens with one attached hydrogen (secondary N) is 1. The summed E-state index contributed by atoms with van der Waals surface area (Å²) in [5.74, 6) is 0.305. The van der Waals surface area contributed by atoms with Gasteiger partial charge in [0.1, 0.15) is 0 Å². The zero-order chi connectivity index (χ0) is 14.4. The molecule has 0 aliphatic rings. The summed E-state index contributed by atoms with van der Waals surface area (Å²) >= 11 is 0. The minimum absolute atomic E-state index is 0.208. The quantitative estimate of drug-likeness (QED) is 0.667. The molecule has 2 rings (SSSR count). The van der Waals surface area contributed by atoms with Gasteiger partial charge in [-0.25, -0.2) is 5.43 Å². The van der Waals surface area contributed by atoms with Crippen LogP contribution >= 0.6 is 0 Å². The van der Waals surface area contributed by atoms with E-state index in [1.165, 1.54) is 5.56 Å². The predicted molar refractivity (Wildman–Crippen MR) is 82.0 cm³/mol. The monoisotopic (exact) mass is 266 g/mol. The van der Waals surface area contributed by atoms with E-state index >= 15 is 0 Å². The minimum atomic E-state index is -0.208. The Balaban J connectivity index is 1.95. The Kier molecular flexibility index (Phi) is 4.66. The third-order valence-electron chi connectivity index (χ3n) is 3.02. The molecular formula is C17H18N2O. The van der Waals surface area contributed by atoms with Crippen molar-refractivity contribution in [3.63, 3.8) is 0 Å². The van der Waals surface area contributed by atoms with E-state index in [2.05, 4.69) is 36.5 Å². The maximum absolute atomic E-state index is 11.8. The Morgan fingerprint density at radius 2 is 1.70 bits per heavy atom. The standard InChI is InChI=1S/C17H18N2O/c1-13(2)15-10-8-14(9-11-15)12-18-19-17(20)16-6-4-3-5-7-16/h3-13H,1-2H3,(H,19,20). The first-order valence-corrected chi connectivity index (χ1v) is 6.65. The third kappa shape index (κ3) is 3.79. The number of rotatable bonds is 4. The molecule has 1 amide bonds. The highest BCUT2D eigenvalue weighted by Crippen LogP contribution is 2.13. The van der Waals surface area contributed by atoms with Crippen LogP contribution in [0.25, 0.3) is 0 Å². The van der Waals surface area contributed by atoms with E-state index in [9.17, 15) is 4.79 Å². The second kappa shape index (κ2) is 6.66. The van der Waals surface area contributed by atoms with Gasteiger partial charge >= 0.3 is 0 Å². The molecule has 2 aromatic carbocycles. The van der Waals surface area contributed by atoms with E-state index < -0.39 is 0 Å². The number of hydrogen-bond donors (Lipinski definition) is 1. The highest BCUT2D eigenvalue weighted by Gasteiger charge is 2.01. The largest absolute Gasteiger partial charge is 0.271 e. The third-order valence-corrected chi connectivity index (χ3v) is 3.02. The SMILES string of the molecule is CC(C)c1ccc(C=NNC(=O)c2ccccc2)cc1. The first-order chi connectivity index (χ1) is 9.66. The van der Waals surface area contributed by atoms with E-state index in [0.717, 1.165) is 5.56 Å². The molecule has 0 aromatic heterocycles. The number of carbonyl (C=O) groups is 1. The molecule has 20 heavy (non-hydrogen) atoms. The average Bonchev–Trinajstić information content (AvgIpc) is 2.48. The number of hydrogen-bond acceptors (Lipinski definition) is 2. The second-order valence-corrected chi connectivity index (χ2v) is 4.89. The van der Waals surface area contributed by atoms with Gasteiger partial charge in [-0.15, -0.1) is 0 Å². The summed E-state index contributed by atoms with van der Waals surface area (Å²) in [6.45, 7) is 4.31. The molecule has 0 fully saturated rings. The summed E-state index contributed by atoms with van der Waals surface area (Å²) in [5, 5.41) is 3.97. The zero-order valence-corrected chi connectivity index (χ0v) is 11.7. The van der Waals surface area contributed by atoms with E-state index in [1.54, 1.807) is 18.3 Å². The minimum Gasteiger partial charge on any atom is -0.267 e. The van der Waals surface area contributed by atoms with Gasteiger partial charge < -0.3 is 0 Å². The second-order valence-electron chi connectivity index (χ2n) is 4.89. The van der Waals surface area contributed by atoms with E-state index in [-0.39, 0.29) is 5.91 Å². The molecule has 0 saturated heterocycles. The Labute approximate surface area is 119 Å². The molecule has 0 radical (unpaired) electrons. The summed E-state index contributed by atoms with van der Waals surface area (Å²) in [4.78, 5) is 11.8. The van der Waals surface area contributed by atoms with Crippen LogP contribution in [0.2, 0.25) is 0 Å². The average molecular weight is 266 g/mol. The molecule has 3 nitrogen and oxygen atoms in total. The maximum atomic E-state index is 11.8. The molecule has 0 atom stereocenters. The summed E-state index contributed by atoms with van der Waals surface area (Å²) in [6.07, 6.45) is 1.64. The number of hydrazone groups is 1. The maximum Gasteiger partial charge on any atom is 0.271 e. The molecule has 0 bridgehead atoms. The molecule has 0 spiro atoms. The van der Waals surface area contributed by atoms with Crippen LogP contribution in [0.5, 0.6) is 0 Å². The predicted octanol–water partition coefficient (Wildman–Crippen LogP) is 3.57. The number of benzene rings is 2. The highest BCUT2D eigenvalue weighted by molar-refractivity contribution is 5.94. The van der Waals surface area contributed by atoms with Crippen LogP contribution in [0.1, 0.15) is 41.3 Å². The molecule has 0 unspecified atom stereocenters. The van der Waals surface area contributed by atoms with Crippen LogP contribution in [0, 0.1) is 0 Å². The van der Waals surface area contributed by atoms with Crippen molar-refractivity contribution in [2.45, 2.75) is 19.8 Å². The summed E-state index contributed by atoms with van der Waals surface area (Å²) in [7, 11) is 0. The Morgan fingerprint density at radius 3 is 2.30 bits per heavy atom. The van der Waals surface area contributed by atoms with Crippen molar-refractivity contribution >= 4 is 12.1 Å². The molecule has 0 aliphatic heterocycles. The molecule has 3 heteroatoms. The first-order valence-electron chi connectivity index (χ1n) is 6.65. The fourth-order valence-corrected chi connectivity index (χ4v) is 1.79. The molecule has 1 N–H and O–H groups in total. The lowest BCUT2D eigenvalue weighted by Gasteiger charge is -2.04. The van der Waals surface area contributed by atoms with E-state index in [0.29, 0.717) is 11.5 Å². The highest BCUT2D eigenvalue weighted by atomic mass is 16.2. The van der Waals surface area contributed by atoms with Crippen molar-refractivity contribution in [1.29, 1.82) is 0 Å². The van der Waals surface area contributed by atoms with Crippen molar-refractivity contribution in [3.05, 3.63) is 71.3 Å². The molecule has 0 heterocycles. The molecule has 102 valence electrons. The van der Waals surface area contributed by atoms with Gasteiger partial charge in [0.25, 0.3) is 5.91 Å². The first kappa shape index (κ1) is 14.0. The lowest BCUT2D eigenvalue weighted by molar-refractivity contribution is 0.0955. The fourth-order valence-electron chi connectivity index (χ4n) is 1.79.